The molecule has 23 heavy (non-hydrogen) atoms. The average molecular weight is 307 g/mol. The van der Waals surface area contributed by atoms with Crippen molar-refractivity contribution in [3.63, 3.8) is 0 Å². The van der Waals surface area contributed by atoms with Gasteiger partial charge in [0.2, 0.25) is 0 Å². The number of benzene rings is 2. The third-order valence-corrected chi connectivity index (χ3v) is 3.15. The highest BCUT2D eigenvalue weighted by Crippen LogP contribution is 2.24. The summed E-state index contributed by atoms with van der Waals surface area (Å²) in [6.45, 7) is 0. The molecular formula is C17H13N3O3. The lowest BCUT2D eigenvalue weighted by Gasteiger charge is -1.98. The quantitative estimate of drug-likeness (QED) is 0.433. The molecule has 114 valence electrons. The zero-order chi connectivity index (χ0) is 16.1. The summed E-state index contributed by atoms with van der Waals surface area (Å²) in [5, 5.41) is 14.7. The lowest BCUT2D eigenvalue weighted by atomic mass is 10.1. The number of anilines is 1. The van der Waals surface area contributed by atoms with Gasteiger partial charge in [0, 0.05) is 17.7 Å². The third kappa shape index (κ3) is 3.62. The minimum Gasteiger partial charge on any atom is -0.455 e. The molecule has 0 aliphatic rings. The number of furan rings is 1. The maximum Gasteiger partial charge on any atom is 0.269 e. The zero-order valence-electron chi connectivity index (χ0n) is 12.0. The highest BCUT2D eigenvalue weighted by atomic mass is 16.6. The summed E-state index contributed by atoms with van der Waals surface area (Å²) < 4.78 is 5.65. The molecule has 0 aliphatic heterocycles. The van der Waals surface area contributed by atoms with Crippen LogP contribution in [0.5, 0.6) is 0 Å². The van der Waals surface area contributed by atoms with E-state index in [0.717, 1.165) is 11.3 Å². The fourth-order valence-corrected chi connectivity index (χ4v) is 2.01. The van der Waals surface area contributed by atoms with Gasteiger partial charge in [-0.2, -0.15) is 5.10 Å². The molecule has 0 bridgehead atoms. The maximum atomic E-state index is 10.6. The van der Waals surface area contributed by atoms with E-state index in [9.17, 15) is 10.1 Å². The van der Waals surface area contributed by atoms with Gasteiger partial charge >= 0.3 is 0 Å². The first-order valence-electron chi connectivity index (χ1n) is 6.91. The Kier molecular flexibility index (Phi) is 4.15. The first-order chi connectivity index (χ1) is 11.2. The van der Waals surface area contributed by atoms with Gasteiger partial charge in [0.15, 0.2) is 0 Å². The molecule has 2 aromatic carbocycles. The fraction of sp³-hybridized carbons (Fsp3) is 0. The second-order valence-corrected chi connectivity index (χ2v) is 4.74. The van der Waals surface area contributed by atoms with Crippen LogP contribution in [0.1, 0.15) is 5.76 Å². The van der Waals surface area contributed by atoms with Crippen molar-refractivity contribution in [2.45, 2.75) is 0 Å². The Labute approximate surface area is 132 Å². The number of nitrogens with one attached hydrogen (secondary N) is 1. The van der Waals surface area contributed by atoms with Crippen LogP contribution in [-0.4, -0.2) is 11.1 Å². The van der Waals surface area contributed by atoms with E-state index >= 15 is 0 Å². The Balaban J connectivity index is 1.69. The summed E-state index contributed by atoms with van der Waals surface area (Å²) in [6, 6.07) is 19.3. The third-order valence-electron chi connectivity index (χ3n) is 3.15. The monoisotopic (exact) mass is 307 g/mol. The molecule has 6 heteroatoms. The van der Waals surface area contributed by atoms with Crippen molar-refractivity contribution in [2.24, 2.45) is 5.10 Å². The Bertz CT molecular complexity index is 824. The molecule has 3 rings (SSSR count). The Morgan fingerprint density at radius 1 is 1.00 bits per heavy atom. The Morgan fingerprint density at radius 2 is 1.74 bits per heavy atom. The molecule has 0 saturated heterocycles. The molecule has 0 aliphatic carbocycles. The van der Waals surface area contributed by atoms with Crippen molar-refractivity contribution in [1.29, 1.82) is 0 Å². The van der Waals surface area contributed by atoms with Crippen LogP contribution in [0.4, 0.5) is 11.4 Å². The number of nitro benzene ring substituents is 1. The van der Waals surface area contributed by atoms with Crippen LogP contribution in [0, 0.1) is 10.1 Å². The second-order valence-electron chi connectivity index (χ2n) is 4.74. The number of hydrogen-bond acceptors (Lipinski definition) is 5. The van der Waals surface area contributed by atoms with Crippen LogP contribution in [0.25, 0.3) is 11.3 Å². The lowest BCUT2D eigenvalue weighted by Crippen LogP contribution is -1.88. The van der Waals surface area contributed by atoms with Gasteiger partial charge < -0.3 is 4.42 Å². The summed E-state index contributed by atoms with van der Waals surface area (Å²) in [5.41, 5.74) is 4.60. The van der Waals surface area contributed by atoms with Crippen LogP contribution in [0.2, 0.25) is 0 Å². The highest BCUT2D eigenvalue weighted by Gasteiger charge is 2.07. The summed E-state index contributed by atoms with van der Waals surface area (Å²) in [7, 11) is 0. The molecule has 0 spiro atoms. The molecular weight excluding hydrogens is 294 g/mol. The summed E-state index contributed by atoms with van der Waals surface area (Å²) in [6.07, 6.45) is 1.57. The summed E-state index contributed by atoms with van der Waals surface area (Å²) >= 11 is 0. The van der Waals surface area contributed by atoms with Crippen molar-refractivity contribution in [1.82, 2.24) is 0 Å². The number of hydrazone groups is 1. The molecule has 6 nitrogen and oxygen atoms in total. The van der Waals surface area contributed by atoms with Gasteiger partial charge in [0.25, 0.3) is 5.69 Å². The highest BCUT2D eigenvalue weighted by molar-refractivity contribution is 5.78. The Hall–Kier alpha value is -3.41. The number of rotatable bonds is 5. The molecule has 1 aromatic heterocycles. The van der Waals surface area contributed by atoms with Crippen molar-refractivity contribution < 1.29 is 9.34 Å². The molecule has 0 fully saturated rings. The lowest BCUT2D eigenvalue weighted by molar-refractivity contribution is -0.384. The van der Waals surface area contributed by atoms with Gasteiger partial charge in [0.1, 0.15) is 11.5 Å². The molecule has 1 heterocycles. The zero-order valence-corrected chi connectivity index (χ0v) is 12.0. The van der Waals surface area contributed by atoms with E-state index in [1.807, 2.05) is 30.3 Å². The normalized spacial score (nSPS) is 10.8. The van der Waals surface area contributed by atoms with Gasteiger partial charge in [-0.15, -0.1) is 0 Å². The number of hydrogen-bond donors (Lipinski definition) is 1. The van der Waals surface area contributed by atoms with Gasteiger partial charge in [0.05, 0.1) is 16.8 Å². The van der Waals surface area contributed by atoms with Crippen LogP contribution < -0.4 is 5.43 Å². The largest absolute Gasteiger partial charge is 0.455 e. The molecule has 0 radical (unpaired) electrons. The van der Waals surface area contributed by atoms with Crippen LogP contribution in [0.15, 0.2) is 76.2 Å². The SMILES string of the molecule is O=[N+]([O-])c1ccc(-c2ccc(/C=N/Nc3ccccc3)o2)cc1. The van der Waals surface area contributed by atoms with Gasteiger partial charge in [-0.3, -0.25) is 15.5 Å². The molecule has 0 saturated carbocycles. The molecule has 1 N–H and O–H groups in total. The van der Waals surface area contributed by atoms with E-state index in [4.69, 9.17) is 4.42 Å². The van der Waals surface area contributed by atoms with Crippen molar-refractivity contribution >= 4 is 17.6 Å². The average Bonchev–Trinajstić information content (AvgIpc) is 3.05. The minimum atomic E-state index is -0.431. The van der Waals surface area contributed by atoms with Gasteiger partial charge in [-0.1, -0.05) is 18.2 Å². The van der Waals surface area contributed by atoms with Gasteiger partial charge in [-0.05, 0) is 36.4 Å². The second kappa shape index (κ2) is 6.57. The van der Waals surface area contributed by atoms with E-state index < -0.39 is 4.92 Å². The number of nitro groups is 1. The van der Waals surface area contributed by atoms with E-state index in [1.165, 1.54) is 12.1 Å². The molecule has 0 atom stereocenters. The van der Waals surface area contributed by atoms with Gasteiger partial charge in [-0.25, -0.2) is 0 Å². The van der Waals surface area contributed by atoms with Crippen molar-refractivity contribution in [3.05, 3.63) is 82.6 Å². The summed E-state index contributed by atoms with van der Waals surface area (Å²) in [4.78, 5) is 10.2. The number of nitrogens with zero attached hydrogens (tertiary/aromatic N) is 2. The molecule has 0 amide bonds. The fourth-order valence-electron chi connectivity index (χ4n) is 2.01. The molecule has 0 unspecified atom stereocenters. The number of non-ortho nitro benzene ring substituents is 1. The van der Waals surface area contributed by atoms with Crippen molar-refractivity contribution in [3.8, 4) is 11.3 Å². The first-order valence-corrected chi connectivity index (χ1v) is 6.91. The van der Waals surface area contributed by atoms with E-state index in [1.54, 1.807) is 30.5 Å². The number of para-hydroxylation sites is 1. The molecule has 3 aromatic rings. The Morgan fingerprint density at radius 3 is 2.43 bits per heavy atom. The topological polar surface area (TPSA) is 80.7 Å². The first kappa shape index (κ1) is 14.5. The summed E-state index contributed by atoms with van der Waals surface area (Å²) in [5.74, 6) is 1.21. The predicted molar refractivity (Wildman–Crippen MR) is 88.5 cm³/mol. The standard InChI is InChI=1S/C17H13N3O3/c21-20(22)15-8-6-13(7-9-15)17-11-10-16(23-17)12-18-19-14-4-2-1-3-5-14/h1-12,19H/b18-12+. The van der Waals surface area contributed by atoms with E-state index in [0.29, 0.717) is 11.5 Å². The van der Waals surface area contributed by atoms with E-state index in [-0.39, 0.29) is 5.69 Å². The van der Waals surface area contributed by atoms with Crippen molar-refractivity contribution in [2.75, 3.05) is 5.43 Å². The van der Waals surface area contributed by atoms with Crippen LogP contribution in [0.3, 0.4) is 0 Å². The van der Waals surface area contributed by atoms with E-state index in [2.05, 4.69) is 10.5 Å². The predicted octanol–water partition coefficient (Wildman–Crippen LogP) is 4.30. The van der Waals surface area contributed by atoms with Crippen LogP contribution >= 0.6 is 0 Å². The smallest absolute Gasteiger partial charge is 0.269 e. The maximum absolute atomic E-state index is 10.6. The van der Waals surface area contributed by atoms with Crippen LogP contribution in [-0.2, 0) is 0 Å². The minimum absolute atomic E-state index is 0.0501.